The predicted octanol–water partition coefficient (Wildman–Crippen LogP) is 3.14. The third-order valence-corrected chi connectivity index (χ3v) is 6.23. The van der Waals surface area contributed by atoms with Gasteiger partial charge in [0.25, 0.3) is 10.0 Å². The predicted molar refractivity (Wildman–Crippen MR) is 89.0 cm³/mol. The first kappa shape index (κ1) is 15.3. The van der Waals surface area contributed by atoms with Crippen molar-refractivity contribution in [3.05, 3.63) is 41.8 Å². The molecule has 1 aliphatic heterocycles. The number of benzene rings is 1. The van der Waals surface area contributed by atoms with Crippen LogP contribution < -0.4 is 10.0 Å². The standard InChI is InChI=1S/C15H18N2O3S2/c18-22(19,15-4-2-10-21-15)17-13-7-5-12(6-8-13)16-11-14-3-1-9-20-14/h2,4-8,10,14,16-17H,1,3,9,11H2. The first-order chi connectivity index (χ1) is 10.6. The van der Waals surface area contributed by atoms with E-state index in [1.54, 1.807) is 29.6 Å². The number of hydrogen-bond acceptors (Lipinski definition) is 5. The van der Waals surface area contributed by atoms with Crippen LogP contribution in [0.2, 0.25) is 0 Å². The average Bonchev–Trinajstić information content (AvgIpc) is 3.20. The van der Waals surface area contributed by atoms with Gasteiger partial charge in [-0.15, -0.1) is 11.3 Å². The molecule has 0 radical (unpaired) electrons. The van der Waals surface area contributed by atoms with E-state index in [0.29, 0.717) is 9.90 Å². The summed E-state index contributed by atoms with van der Waals surface area (Å²) in [6, 6.07) is 10.5. The monoisotopic (exact) mass is 338 g/mol. The number of anilines is 2. The van der Waals surface area contributed by atoms with Crippen LogP contribution in [-0.4, -0.2) is 27.7 Å². The van der Waals surface area contributed by atoms with E-state index >= 15 is 0 Å². The number of rotatable bonds is 6. The molecule has 2 N–H and O–H groups in total. The molecule has 2 heterocycles. The lowest BCUT2D eigenvalue weighted by Crippen LogP contribution is -2.18. The van der Waals surface area contributed by atoms with Crippen molar-refractivity contribution in [3.8, 4) is 0 Å². The number of nitrogens with one attached hydrogen (secondary N) is 2. The molecule has 1 aromatic heterocycles. The normalized spacial score (nSPS) is 18.3. The van der Waals surface area contributed by atoms with Crippen LogP contribution in [0.3, 0.4) is 0 Å². The lowest BCUT2D eigenvalue weighted by Gasteiger charge is -2.12. The van der Waals surface area contributed by atoms with E-state index in [9.17, 15) is 8.42 Å². The van der Waals surface area contributed by atoms with E-state index in [2.05, 4.69) is 10.0 Å². The van der Waals surface area contributed by atoms with Gasteiger partial charge in [0.1, 0.15) is 4.21 Å². The van der Waals surface area contributed by atoms with Gasteiger partial charge in [-0.1, -0.05) is 6.07 Å². The largest absolute Gasteiger partial charge is 0.382 e. The molecule has 0 aliphatic carbocycles. The molecular formula is C15H18N2O3S2. The zero-order valence-electron chi connectivity index (χ0n) is 12.0. The Labute approximate surface area is 134 Å². The SMILES string of the molecule is O=S(=O)(Nc1ccc(NCC2CCCO2)cc1)c1cccs1. The lowest BCUT2D eigenvalue weighted by atomic mass is 10.2. The quantitative estimate of drug-likeness (QED) is 0.849. The van der Waals surface area contributed by atoms with Gasteiger partial charge in [0, 0.05) is 24.5 Å². The first-order valence-corrected chi connectivity index (χ1v) is 9.52. The van der Waals surface area contributed by atoms with Gasteiger partial charge < -0.3 is 10.1 Å². The van der Waals surface area contributed by atoms with Gasteiger partial charge in [0.2, 0.25) is 0 Å². The van der Waals surface area contributed by atoms with Crippen LogP contribution >= 0.6 is 11.3 Å². The van der Waals surface area contributed by atoms with Gasteiger partial charge in [-0.3, -0.25) is 4.72 Å². The van der Waals surface area contributed by atoms with Gasteiger partial charge in [0.15, 0.2) is 0 Å². The molecule has 1 aromatic carbocycles. The molecule has 22 heavy (non-hydrogen) atoms. The topological polar surface area (TPSA) is 67.4 Å². The molecule has 7 heteroatoms. The molecule has 1 saturated heterocycles. The second-order valence-corrected chi connectivity index (χ2v) is 7.99. The second-order valence-electron chi connectivity index (χ2n) is 5.13. The van der Waals surface area contributed by atoms with Crippen molar-refractivity contribution in [1.29, 1.82) is 0 Å². The van der Waals surface area contributed by atoms with E-state index in [1.165, 1.54) is 11.3 Å². The Morgan fingerprint density at radius 3 is 2.59 bits per heavy atom. The highest BCUT2D eigenvalue weighted by Gasteiger charge is 2.16. The fraction of sp³-hybridized carbons (Fsp3) is 0.333. The number of sulfonamides is 1. The highest BCUT2D eigenvalue weighted by Crippen LogP contribution is 2.21. The van der Waals surface area contributed by atoms with Gasteiger partial charge in [-0.2, -0.15) is 0 Å². The van der Waals surface area contributed by atoms with Crippen molar-refractivity contribution in [2.45, 2.75) is 23.2 Å². The van der Waals surface area contributed by atoms with Crippen molar-refractivity contribution in [2.24, 2.45) is 0 Å². The van der Waals surface area contributed by atoms with Gasteiger partial charge in [-0.25, -0.2) is 8.42 Å². The maximum Gasteiger partial charge on any atom is 0.271 e. The molecule has 1 aliphatic rings. The Bertz CT molecular complexity index is 691. The summed E-state index contributed by atoms with van der Waals surface area (Å²) in [5.41, 5.74) is 1.51. The Balaban J connectivity index is 1.59. The Morgan fingerprint density at radius 2 is 1.95 bits per heavy atom. The summed E-state index contributed by atoms with van der Waals surface area (Å²) in [6.45, 7) is 1.62. The van der Waals surface area contributed by atoms with E-state index in [-0.39, 0.29) is 6.10 Å². The summed E-state index contributed by atoms with van der Waals surface area (Å²) < 4.78 is 32.7. The van der Waals surface area contributed by atoms with Crippen LogP contribution in [0.1, 0.15) is 12.8 Å². The molecule has 0 amide bonds. The van der Waals surface area contributed by atoms with E-state index in [0.717, 1.165) is 31.7 Å². The Hall–Kier alpha value is -1.57. The van der Waals surface area contributed by atoms with Crippen LogP contribution in [0.25, 0.3) is 0 Å². The van der Waals surface area contributed by atoms with E-state index < -0.39 is 10.0 Å². The molecule has 1 atom stereocenters. The number of hydrogen-bond donors (Lipinski definition) is 2. The minimum absolute atomic E-state index is 0.275. The summed E-state index contributed by atoms with van der Waals surface area (Å²) in [4.78, 5) is 0. The average molecular weight is 338 g/mol. The second kappa shape index (κ2) is 6.68. The Morgan fingerprint density at radius 1 is 1.18 bits per heavy atom. The van der Waals surface area contributed by atoms with Crippen molar-refractivity contribution in [1.82, 2.24) is 0 Å². The summed E-state index contributed by atoms with van der Waals surface area (Å²) in [5.74, 6) is 0. The van der Waals surface area contributed by atoms with Gasteiger partial charge in [0.05, 0.1) is 6.10 Å². The molecule has 0 spiro atoms. The molecule has 1 fully saturated rings. The van der Waals surface area contributed by atoms with Crippen molar-refractivity contribution < 1.29 is 13.2 Å². The highest BCUT2D eigenvalue weighted by atomic mass is 32.2. The maximum atomic E-state index is 12.1. The number of thiophene rings is 1. The van der Waals surface area contributed by atoms with Crippen molar-refractivity contribution in [3.63, 3.8) is 0 Å². The molecule has 1 unspecified atom stereocenters. The lowest BCUT2D eigenvalue weighted by molar-refractivity contribution is 0.120. The van der Waals surface area contributed by atoms with Crippen LogP contribution in [0.5, 0.6) is 0 Å². The summed E-state index contributed by atoms with van der Waals surface area (Å²) in [6.07, 6.45) is 2.48. The molecular weight excluding hydrogens is 320 g/mol. The fourth-order valence-corrected chi connectivity index (χ4v) is 4.37. The van der Waals surface area contributed by atoms with Gasteiger partial charge in [-0.05, 0) is 48.6 Å². The van der Waals surface area contributed by atoms with E-state index in [1.807, 2.05) is 12.1 Å². The zero-order valence-corrected chi connectivity index (χ0v) is 13.6. The van der Waals surface area contributed by atoms with Crippen LogP contribution in [0.15, 0.2) is 46.0 Å². The minimum Gasteiger partial charge on any atom is -0.382 e. The summed E-state index contributed by atoms with van der Waals surface area (Å²) in [5, 5.41) is 5.05. The molecule has 0 saturated carbocycles. The van der Waals surface area contributed by atoms with Crippen molar-refractivity contribution in [2.75, 3.05) is 23.2 Å². The number of ether oxygens (including phenoxy) is 1. The smallest absolute Gasteiger partial charge is 0.271 e. The summed E-state index contributed by atoms with van der Waals surface area (Å²) in [7, 11) is -3.48. The molecule has 118 valence electrons. The molecule has 0 bridgehead atoms. The Kier molecular flexibility index (Phi) is 4.66. The summed E-state index contributed by atoms with van der Waals surface area (Å²) >= 11 is 1.20. The van der Waals surface area contributed by atoms with Crippen LogP contribution in [-0.2, 0) is 14.8 Å². The highest BCUT2D eigenvalue weighted by molar-refractivity contribution is 7.94. The molecule has 5 nitrogen and oxygen atoms in total. The third kappa shape index (κ3) is 3.79. The maximum absolute atomic E-state index is 12.1. The zero-order chi connectivity index (χ0) is 15.4. The molecule has 3 rings (SSSR count). The fourth-order valence-electron chi connectivity index (χ4n) is 2.31. The first-order valence-electron chi connectivity index (χ1n) is 7.15. The van der Waals surface area contributed by atoms with Gasteiger partial charge >= 0.3 is 0 Å². The van der Waals surface area contributed by atoms with Crippen LogP contribution in [0.4, 0.5) is 11.4 Å². The van der Waals surface area contributed by atoms with Crippen molar-refractivity contribution >= 4 is 32.7 Å². The third-order valence-electron chi connectivity index (χ3n) is 3.45. The molecule has 2 aromatic rings. The van der Waals surface area contributed by atoms with E-state index in [4.69, 9.17) is 4.74 Å². The minimum atomic E-state index is -3.48. The van der Waals surface area contributed by atoms with Crippen LogP contribution in [0, 0.1) is 0 Å².